The van der Waals surface area contributed by atoms with Crippen molar-refractivity contribution in [3.8, 4) is 11.4 Å². The molecule has 152 valence electrons. The number of benzene rings is 1. The van der Waals surface area contributed by atoms with Crippen molar-refractivity contribution in [2.45, 2.75) is 63.4 Å². The van der Waals surface area contributed by atoms with Gasteiger partial charge >= 0.3 is 0 Å². The Morgan fingerprint density at radius 2 is 2.07 bits per heavy atom. The number of hydrogen-bond donors (Lipinski definition) is 1. The van der Waals surface area contributed by atoms with E-state index in [0.717, 1.165) is 48.8 Å². The minimum absolute atomic E-state index is 0.0263. The van der Waals surface area contributed by atoms with Crippen molar-refractivity contribution in [2.24, 2.45) is 0 Å². The molecule has 1 atom stereocenters. The van der Waals surface area contributed by atoms with Crippen molar-refractivity contribution in [2.75, 3.05) is 12.4 Å². The van der Waals surface area contributed by atoms with Gasteiger partial charge in [-0.3, -0.25) is 9.36 Å². The highest BCUT2D eigenvalue weighted by Crippen LogP contribution is 2.27. The maximum absolute atomic E-state index is 12.3. The van der Waals surface area contributed by atoms with Gasteiger partial charge in [0.1, 0.15) is 0 Å². The standard InChI is InChI=1S/C20H27ClN4O2S/c1-3-16(4-2)22-18(26)13-28-20-24-23-19(14-7-9-15(21)10-8-14)25(20)12-17-6-5-11-27-17/h7-10,16-17H,3-6,11-13H2,1-2H3,(H,22,26)/t17-/m0/s1. The Bertz CT molecular complexity index is 771. The van der Waals surface area contributed by atoms with Crippen LogP contribution in [0.25, 0.3) is 11.4 Å². The fraction of sp³-hybridized carbons (Fsp3) is 0.550. The molecular formula is C20H27ClN4O2S. The molecule has 0 spiro atoms. The molecule has 1 saturated heterocycles. The topological polar surface area (TPSA) is 69.0 Å². The van der Waals surface area contributed by atoms with Crippen molar-refractivity contribution >= 4 is 29.3 Å². The van der Waals surface area contributed by atoms with Crippen LogP contribution in [0.4, 0.5) is 0 Å². The Hall–Kier alpha value is -1.57. The van der Waals surface area contributed by atoms with E-state index in [-0.39, 0.29) is 18.1 Å². The molecule has 1 N–H and O–H groups in total. The fourth-order valence-electron chi connectivity index (χ4n) is 3.26. The predicted molar refractivity (Wildman–Crippen MR) is 113 cm³/mol. The highest BCUT2D eigenvalue weighted by Gasteiger charge is 2.22. The monoisotopic (exact) mass is 422 g/mol. The third kappa shape index (κ3) is 5.49. The zero-order valence-electron chi connectivity index (χ0n) is 16.4. The minimum Gasteiger partial charge on any atom is -0.376 e. The maximum Gasteiger partial charge on any atom is 0.230 e. The van der Waals surface area contributed by atoms with E-state index < -0.39 is 0 Å². The van der Waals surface area contributed by atoms with Crippen LogP contribution < -0.4 is 5.32 Å². The number of thioether (sulfide) groups is 1. The summed E-state index contributed by atoms with van der Waals surface area (Å²) in [7, 11) is 0. The second-order valence-corrected chi connectivity index (χ2v) is 8.31. The van der Waals surface area contributed by atoms with Crippen LogP contribution in [-0.4, -0.2) is 45.2 Å². The number of nitrogens with zero attached hydrogens (tertiary/aromatic N) is 3. The number of carbonyl (C=O) groups excluding carboxylic acids is 1. The minimum atomic E-state index is 0.0263. The van der Waals surface area contributed by atoms with E-state index in [9.17, 15) is 4.79 Å². The SMILES string of the molecule is CCC(CC)NC(=O)CSc1nnc(-c2ccc(Cl)cc2)n1C[C@@H]1CCCO1. The van der Waals surface area contributed by atoms with Crippen molar-refractivity contribution < 1.29 is 9.53 Å². The first-order chi connectivity index (χ1) is 13.6. The van der Waals surface area contributed by atoms with E-state index in [1.54, 1.807) is 0 Å². The molecule has 2 heterocycles. The molecule has 2 aromatic rings. The highest BCUT2D eigenvalue weighted by molar-refractivity contribution is 7.99. The van der Waals surface area contributed by atoms with Gasteiger partial charge in [-0.25, -0.2) is 0 Å². The van der Waals surface area contributed by atoms with Crippen LogP contribution in [0.3, 0.4) is 0 Å². The highest BCUT2D eigenvalue weighted by atomic mass is 35.5. The maximum atomic E-state index is 12.3. The predicted octanol–water partition coefficient (Wildman–Crippen LogP) is 4.17. The van der Waals surface area contributed by atoms with Gasteiger partial charge in [-0.1, -0.05) is 37.2 Å². The average molecular weight is 423 g/mol. The zero-order chi connectivity index (χ0) is 19.9. The van der Waals surface area contributed by atoms with Gasteiger partial charge in [-0.2, -0.15) is 0 Å². The Morgan fingerprint density at radius 3 is 2.71 bits per heavy atom. The zero-order valence-corrected chi connectivity index (χ0v) is 17.9. The Labute approximate surface area is 175 Å². The lowest BCUT2D eigenvalue weighted by Gasteiger charge is -2.16. The van der Waals surface area contributed by atoms with Gasteiger partial charge in [0.15, 0.2) is 11.0 Å². The first kappa shape index (κ1) is 21.1. The van der Waals surface area contributed by atoms with E-state index in [4.69, 9.17) is 16.3 Å². The molecule has 0 unspecified atom stereocenters. The number of halogens is 1. The van der Waals surface area contributed by atoms with Crippen LogP contribution >= 0.6 is 23.4 Å². The molecule has 0 saturated carbocycles. The van der Waals surface area contributed by atoms with Crippen LogP contribution in [0.5, 0.6) is 0 Å². The summed E-state index contributed by atoms with van der Waals surface area (Å²) < 4.78 is 7.88. The summed E-state index contributed by atoms with van der Waals surface area (Å²) in [6.07, 6.45) is 4.12. The van der Waals surface area contributed by atoms with Gasteiger partial charge in [-0.15, -0.1) is 10.2 Å². The molecule has 3 rings (SSSR count). The molecule has 1 aromatic carbocycles. The number of carbonyl (C=O) groups is 1. The fourth-order valence-corrected chi connectivity index (χ4v) is 4.14. The summed E-state index contributed by atoms with van der Waals surface area (Å²) in [6.45, 7) is 5.64. The smallest absolute Gasteiger partial charge is 0.230 e. The normalized spacial score (nSPS) is 16.6. The van der Waals surface area contributed by atoms with E-state index >= 15 is 0 Å². The van der Waals surface area contributed by atoms with Gasteiger partial charge in [0, 0.05) is 23.2 Å². The summed E-state index contributed by atoms with van der Waals surface area (Å²) in [5.74, 6) is 1.12. The van der Waals surface area contributed by atoms with E-state index in [0.29, 0.717) is 17.3 Å². The molecule has 8 heteroatoms. The van der Waals surface area contributed by atoms with E-state index in [1.165, 1.54) is 11.8 Å². The lowest BCUT2D eigenvalue weighted by atomic mass is 10.2. The first-order valence-corrected chi connectivity index (χ1v) is 11.2. The molecule has 1 aliphatic rings. The Balaban J connectivity index is 1.76. The largest absolute Gasteiger partial charge is 0.376 e. The Kier molecular flexibility index (Phi) is 7.76. The molecule has 1 aromatic heterocycles. The number of aromatic nitrogens is 3. The number of amides is 1. The van der Waals surface area contributed by atoms with Crippen molar-refractivity contribution in [1.82, 2.24) is 20.1 Å². The second-order valence-electron chi connectivity index (χ2n) is 6.93. The summed E-state index contributed by atoms with van der Waals surface area (Å²) >= 11 is 7.44. The molecule has 28 heavy (non-hydrogen) atoms. The van der Waals surface area contributed by atoms with Crippen LogP contribution in [0.15, 0.2) is 29.4 Å². The summed E-state index contributed by atoms with van der Waals surface area (Å²) in [6, 6.07) is 7.79. The third-order valence-electron chi connectivity index (χ3n) is 4.91. The number of hydrogen-bond acceptors (Lipinski definition) is 5. The van der Waals surface area contributed by atoms with Gasteiger partial charge in [0.25, 0.3) is 0 Å². The summed E-state index contributed by atoms with van der Waals surface area (Å²) in [5.41, 5.74) is 0.947. The quantitative estimate of drug-likeness (QED) is 0.614. The van der Waals surface area contributed by atoms with Crippen LogP contribution in [0, 0.1) is 0 Å². The lowest BCUT2D eigenvalue weighted by molar-refractivity contribution is -0.119. The van der Waals surface area contributed by atoms with Crippen molar-refractivity contribution in [1.29, 1.82) is 0 Å². The van der Waals surface area contributed by atoms with E-state index in [2.05, 4.69) is 33.9 Å². The number of nitrogens with one attached hydrogen (secondary N) is 1. The van der Waals surface area contributed by atoms with Gasteiger partial charge in [0.2, 0.25) is 5.91 Å². The van der Waals surface area contributed by atoms with Crippen LogP contribution in [0.1, 0.15) is 39.5 Å². The molecule has 0 radical (unpaired) electrons. The number of rotatable bonds is 9. The third-order valence-corrected chi connectivity index (χ3v) is 6.13. The van der Waals surface area contributed by atoms with Gasteiger partial charge < -0.3 is 10.1 Å². The van der Waals surface area contributed by atoms with Crippen molar-refractivity contribution in [3.05, 3.63) is 29.3 Å². The van der Waals surface area contributed by atoms with Crippen LogP contribution in [0.2, 0.25) is 5.02 Å². The van der Waals surface area contributed by atoms with Gasteiger partial charge in [-0.05, 0) is 49.9 Å². The molecule has 1 aliphatic heterocycles. The molecule has 1 amide bonds. The Morgan fingerprint density at radius 1 is 1.32 bits per heavy atom. The summed E-state index contributed by atoms with van der Waals surface area (Å²) in [4.78, 5) is 12.3. The van der Waals surface area contributed by atoms with E-state index in [1.807, 2.05) is 24.3 Å². The molecule has 6 nitrogen and oxygen atoms in total. The molecule has 1 fully saturated rings. The van der Waals surface area contributed by atoms with Crippen molar-refractivity contribution in [3.63, 3.8) is 0 Å². The average Bonchev–Trinajstić information content (AvgIpc) is 3.36. The lowest BCUT2D eigenvalue weighted by Crippen LogP contribution is -2.35. The van der Waals surface area contributed by atoms with Crippen LogP contribution in [-0.2, 0) is 16.1 Å². The first-order valence-electron chi connectivity index (χ1n) is 9.83. The second kappa shape index (κ2) is 10.3. The molecular weight excluding hydrogens is 396 g/mol. The molecule has 0 bridgehead atoms. The number of ether oxygens (including phenoxy) is 1. The van der Waals surface area contributed by atoms with Gasteiger partial charge in [0.05, 0.1) is 18.4 Å². The molecule has 0 aliphatic carbocycles. The summed E-state index contributed by atoms with van der Waals surface area (Å²) in [5, 5.41) is 13.2.